The minimum absolute atomic E-state index is 0.00509. The maximum atomic E-state index is 12.1. The summed E-state index contributed by atoms with van der Waals surface area (Å²) in [6.07, 6.45) is 2.28. The molecule has 0 saturated heterocycles. The van der Waals surface area contributed by atoms with Gasteiger partial charge in [0.2, 0.25) is 5.91 Å². The number of amides is 1. The third-order valence-corrected chi connectivity index (χ3v) is 5.51. The van der Waals surface area contributed by atoms with E-state index in [0.29, 0.717) is 6.42 Å². The van der Waals surface area contributed by atoms with E-state index in [1.807, 2.05) is 49.0 Å². The van der Waals surface area contributed by atoms with Crippen LogP contribution < -0.4 is 10.1 Å². The second-order valence-electron chi connectivity index (χ2n) is 6.11. The normalized spacial score (nSPS) is 16.4. The summed E-state index contributed by atoms with van der Waals surface area (Å²) in [5.74, 6) is 0.828. The second kappa shape index (κ2) is 6.00. The maximum absolute atomic E-state index is 12.1. The van der Waals surface area contributed by atoms with Crippen LogP contribution in [-0.4, -0.2) is 27.2 Å². The van der Waals surface area contributed by atoms with Gasteiger partial charge in [0.25, 0.3) is 0 Å². The van der Waals surface area contributed by atoms with Crippen LogP contribution in [0.5, 0.6) is 5.75 Å². The van der Waals surface area contributed by atoms with Crippen LogP contribution in [0.4, 0.5) is 5.00 Å². The Balaban J connectivity index is 1.76. The van der Waals surface area contributed by atoms with Gasteiger partial charge in [0.15, 0.2) is 0 Å². The summed E-state index contributed by atoms with van der Waals surface area (Å²) in [6, 6.07) is 7.77. The van der Waals surface area contributed by atoms with Gasteiger partial charge in [-0.25, -0.2) is 4.68 Å². The van der Waals surface area contributed by atoms with Crippen LogP contribution in [-0.2, 0) is 4.79 Å². The van der Waals surface area contributed by atoms with Crippen molar-refractivity contribution >= 4 is 22.4 Å². The fraction of sp³-hybridized carbons (Fsp3) is 0.278. The van der Waals surface area contributed by atoms with Crippen LogP contribution in [0.3, 0.4) is 0 Å². The van der Waals surface area contributed by atoms with Gasteiger partial charge in [0.05, 0.1) is 24.7 Å². The standard InChI is InChI=1S/C18H18N4O2S/c1-10-17-14(8-16(23)20-18(17)25-21-10)15-9-19-22(11(15)2)12-4-6-13(24-3)7-5-12/h4-7,9,14H,8H2,1-3H3,(H,20,23)/t14-/m1/s1. The number of benzene rings is 1. The Bertz CT molecular complexity index is 943. The first-order valence-corrected chi connectivity index (χ1v) is 8.80. The van der Waals surface area contributed by atoms with Crippen molar-refractivity contribution in [1.82, 2.24) is 14.2 Å². The highest BCUT2D eigenvalue weighted by molar-refractivity contribution is 7.10. The Kier molecular flexibility index (Phi) is 3.80. The minimum atomic E-state index is -0.00509. The van der Waals surface area contributed by atoms with E-state index in [-0.39, 0.29) is 11.8 Å². The minimum Gasteiger partial charge on any atom is -0.497 e. The van der Waals surface area contributed by atoms with Crippen molar-refractivity contribution < 1.29 is 9.53 Å². The van der Waals surface area contributed by atoms with E-state index in [1.54, 1.807) is 7.11 Å². The van der Waals surface area contributed by atoms with Gasteiger partial charge in [-0.15, -0.1) is 0 Å². The molecule has 6 nitrogen and oxygen atoms in total. The fourth-order valence-corrected chi connectivity index (χ4v) is 4.23. The topological polar surface area (TPSA) is 69.0 Å². The zero-order valence-corrected chi connectivity index (χ0v) is 15.1. The Morgan fingerprint density at radius 1 is 1.28 bits per heavy atom. The molecule has 1 amide bonds. The van der Waals surface area contributed by atoms with Crippen LogP contribution in [0.15, 0.2) is 30.5 Å². The monoisotopic (exact) mass is 354 g/mol. The first-order chi connectivity index (χ1) is 12.1. The van der Waals surface area contributed by atoms with Crippen LogP contribution in [0.25, 0.3) is 5.69 Å². The van der Waals surface area contributed by atoms with E-state index in [4.69, 9.17) is 4.74 Å². The molecule has 0 unspecified atom stereocenters. The zero-order valence-electron chi connectivity index (χ0n) is 14.2. The van der Waals surface area contributed by atoms with Gasteiger partial charge < -0.3 is 10.1 Å². The molecule has 128 valence electrons. The van der Waals surface area contributed by atoms with Crippen molar-refractivity contribution in [3.63, 3.8) is 0 Å². The highest BCUT2D eigenvalue weighted by Gasteiger charge is 2.32. The molecule has 7 heteroatoms. The molecule has 0 radical (unpaired) electrons. The van der Waals surface area contributed by atoms with E-state index in [9.17, 15) is 4.79 Å². The summed E-state index contributed by atoms with van der Waals surface area (Å²) in [5.41, 5.74) is 5.14. The molecule has 0 spiro atoms. The molecule has 0 bridgehead atoms. The first kappa shape index (κ1) is 15.8. The third-order valence-electron chi connectivity index (χ3n) is 4.64. The third kappa shape index (κ3) is 2.60. The predicted molar refractivity (Wildman–Crippen MR) is 96.8 cm³/mol. The number of nitrogens with one attached hydrogen (secondary N) is 1. The van der Waals surface area contributed by atoms with Crippen molar-refractivity contribution in [1.29, 1.82) is 0 Å². The van der Waals surface area contributed by atoms with Crippen molar-refractivity contribution in [2.24, 2.45) is 0 Å². The number of hydrogen-bond donors (Lipinski definition) is 1. The Hall–Kier alpha value is -2.67. The van der Waals surface area contributed by atoms with E-state index in [0.717, 1.165) is 39.0 Å². The van der Waals surface area contributed by atoms with Crippen molar-refractivity contribution in [3.8, 4) is 11.4 Å². The van der Waals surface area contributed by atoms with Gasteiger partial charge in [0, 0.05) is 29.2 Å². The summed E-state index contributed by atoms with van der Waals surface area (Å²) >= 11 is 1.34. The number of aryl methyl sites for hydroxylation is 1. The van der Waals surface area contributed by atoms with Crippen molar-refractivity contribution in [2.45, 2.75) is 26.2 Å². The summed E-state index contributed by atoms with van der Waals surface area (Å²) in [6.45, 7) is 4.02. The first-order valence-electron chi connectivity index (χ1n) is 8.03. The summed E-state index contributed by atoms with van der Waals surface area (Å²) < 4.78 is 11.5. The van der Waals surface area contributed by atoms with Crippen LogP contribution in [0.1, 0.15) is 34.9 Å². The van der Waals surface area contributed by atoms with Crippen LogP contribution in [0, 0.1) is 13.8 Å². The number of carbonyl (C=O) groups excluding carboxylic acids is 1. The molecule has 1 aromatic carbocycles. The summed E-state index contributed by atoms with van der Waals surface area (Å²) in [7, 11) is 1.65. The number of methoxy groups -OCH3 is 1. The molecule has 0 saturated carbocycles. The second-order valence-corrected chi connectivity index (χ2v) is 6.88. The highest BCUT2D eigenvalue weighted by atomic mass is 32.1. The van der Waals surface area contributed by atoms with Gasteiger partial charge in [-0.2, -0.15) is 9.47 Å². The lowest BCUT2D eigenvalue weighted by molar-refractivity contribution is -0.116. The Morgan fingerprint density at radius 2 is 2.04 bits per heavy atom. The number of aromatic nitrogens is 3. The predicted octanol–water partition coefficient (Wildman–Crippen LogP) is 3.43. The van der Waals surface area contributed by atoms with Gasteiger partial charge in [-0.1, -0.05) is 0 Å². The quantitative estimate of drug-likeness (QED) is 0.782. The lowest BCUT2D eigenvalue weighted by atomic mass is 9.86. The molecule has 0 aliphatic carbocycles. The molecular weight excluding hydrogens is 336 g/mol. The number of anilines is 1. The smallest absolute Gasteiger partial charge is 0.225 e. The summed E-state index contributed by atoms with van der Waals surface area (Å²) in [5, 5.41) is 8.34. The number of ether oxygens (including phenoxy) is 1. The molecule has 1 atom stereocenters. The molecule has 3 heterocycles. The van der Waals surface area contributed by atoms with Gasteiger partial charge in [0.1, 0.15) is 10.8 Å². The van der Waals surface area contributed by atoms with E-state index < -0.39 is 0 Å². The molecular formula is C18H18N4O2S. The average Bonchev–Trinajstić information content (AvgIpc) is 3.17. The molecule has 2 aromatic heterocycles. The largest absolute Gasteiger partial charge is 0.497 e. The number of hydrogen-bond acceptors (Lipinski definition) is 5. The maximum Gasteiger partial charge on any atom is 0.225 e. The molecule has 1 aliphatic rings. The van der Waals surface area contributed by atoms with E-state index >= 15 is 0 Å². The van der Waals surface area contributed by atoms with Gasteiger partial charge in [-0.3, -0.25) is 4.79 Å². The molecule has 1 aliphatic heterocycles. The summed E-state index contributed by atoms with van der Waals surface area (Å²) in [4.78, 5) is 12.1. The van der Waals surface area contributed by atoms with Crippen molar-refractivity contribution in [3.05, 3.63) is 53.0 Å². The molecule has 3 aromatic rings. The van der Waals surface area contributed by atoms with E-state index in [2.05, 4.69) is 14.8 Å². The van der Waals surface area contributed by atoms with Gasteiger partial charge in [-0.05, 0) is 49.6 Å². The molecule has 0 fully saturated rings. The lowest BCUT2D eigenvalue weighted by Crippen LogP contribution is -2.23. The molecule has 25 heavy (non-hydrogen) atoms. The number of carbonyl (C=O) groups is 1. The van der Waals surface area contributed by atoms with Crippen LogP contribution >= 0.6 is 11.5 Å². The molecule has 4 rings (SSSR count). The van der Waals surface area contributed by atoms with Crippen LogP contribution in [0.2, 0.25) is 0 Å². The van der Waals surface area contributed by atoms with Gasteiger partial charge >= 0.3 is 0 Å². The Morgan fingerprint density at radius 3 is 2.76 bits per heavy atom. The number of nitrogens with zero attached hydrogens (tertiary/aromatic N) is 3. The SMILES string of the molecule is COc1ccc(-n2ncc([C@H]3CC(=O)Nc4snc(C)c43)c2C)cc1. The number of rotatable bonds is 3. The Labute approximate surface area is 149 Å². The zero-order chi connectivity index (χ0) is 17.6. The fourth-order valence-electron chi connectivity index (χ4n) is 3.36. The lowest BCUT2D eigenvalue weighted by Gasteiger charge is -2.22. The van der Waals surface area contributed by atoms with E-state index in [1.165, 1.54) is 11.5 Å². The number of fused-ring (bicyclic) bond motifs is 1. The van der Waals surface area contributed by atoms with Crippen molar-refractivity contribution in [2.75, 3.05) is 12.4 Å². The highest BCUT2D eigenvalue weighted by Crippen LogP contribution is 2.42. The molecule has 1 N–H and O–H groups in total. The average molecular weight is 354 g/mol.